The zero-order valence-corrected chi connectivity index (χ0v) is 29.5. The molecule has 0 saturated carbocycles. The van der Waals surface area contributed by atoms with Crippen LogP contribution in [0.2, 0.25) is 0 Å². The van der Waals surface area contributed by atoms with E-state index in [-0.39, 0.29) is 24.2 Å². The third kappa shape index (κ3) is 11.5. The fourth-order valence-electron chi connectivity index (χ4n) is 5.59. The van der Waals surface area contributed by atoms with Crippen molar-refractivity contribution in [3.05, 3.63) is 84.3 Å². The van der Waals surface area contributed by atoms with Crippen molar-refractivity contribution < 1.29 is 28.7 Å². The van der Waals surface area contributed by atoms with Gasteiger partial charge < -0.3 is 35.5 Å². The molecule has 1 unspecified atom stereocenters. The van der Waals surface area contributed by atoms with Crippen LogP contribution < -0.4 is 21.3 Å². The zero-order chi connectivity index (χ0) is 36.3. The minimum absolute atomic E-state index is 0.0624. The predicted molar refractivity (Wildman–Crippen MR) is 189 cm³/mol. The first-order valence-corrected chi connectivity index (χ1v) is 17.0. The van der Waals surface area contributed by atoms with E-state index in [1.807, 2.05) is 60.7 Å². The number of carbonyl (C=O) groups is 5. The summed E-state index contributed by atoms with van der Waals surface area (Å²) in [5.41, 5.74) is -0.0578. The van der Waals surface area contributed by atoms with Gasteiger partial charge in [-0.1, -0.05) is 60.7 Å². The standard InChI is InChI=1S/C37H49N7O6/c1-36(2,3)50-35(49)42-37(4,5)34(48)40-28(19-12-18-26-14-8-6-9-15-26)32(46)41-30-23-43(25-39-30)24-31(45)44-21-13-20-29(44)33(47)38-22-27-16-10-7-11-17-27/h6-11,14-17,23,25,28-29H,12-13,18-22,24H2,1-5H3,(H,38,47)(H,40,48)(H,41,46)(H,42,49)/t28-,29?/m1/s1. The molecule has 0 bridgehead atoms. The average Bonchev–Trinajstić information content (AvgIpc) is 3.73. The molecule has 50 heavy (non-hydrogen) atoms. The highest BCUT2D eigenvalue weighted by Gasteiger charge is 2.35. The van der Waals surface area contributed by atoms with E-state index in [4.69, 9.17) is 4.74 Å². The lowest BCUT2D eigenvalue weighted by Crippen LogP contribution is -2.58. The molecule has 0 radical (unpaired) electrons. The number of nitrogens with one attached hydrogen (secondary N) is 4. The molecule has 4 rings (SSSR count). The van der Waals surface area contributed by atoms with Crippen molar-refractivity contribution >= 4 is 35.5 Å². The molecule has 2 heterocycles. The summed E-state index contributed by atoms with van der Waals surface area (Å²) in [6.07, 6.45) is 5.13. The average molecular weight is 688 g/mol. The van der Waals surface area contributed by atoms with Crippen LogP contribution in [0.3, 0.4) is 0 Å². The molecule has 1 aliphatic rings. The number of nitrogens with zero attached hydrogens (tertiary/aromatic N) is 3. The fraction of sp³-hybridized carbons (Fsp3) is 0.459. The van der Waals surface area contributed by atoms with Gasteiger partial charge in [0.25, 0.3) is 0 Å². The second-order valence-corrected chi connectivity index (χ2v) is 14.0. The summed E-state index contributed by atoms with van der Waals surface area (Å²) in [6, 6.07) is 17.9. The maximum absolute atomic E-state index is 13.5. The van der Waals surface area contributed by atoms with Crippen LogP contribution in [-0.4, -0.2) is 73.9 Å². The van der Waals surface area contributed by atoms with E-state index in [1.54, 1.807) is 30.2 Å². The highest BCUT2D eigenvalue weighted by molar-refractivity contribution is 5.98. The smallest absolute Gasteiger partial charge is 0.408 e. The van der Waals surface area contributed by atoms with Gasteiger partial charge in [0.1, 0.15) is 29.8 Å². The minimum atomic E-state index is -1.38. The monoisotopic (exact) mass is 687 g/mol. The second kappa shape index (κ2) is 17.0. The molecule has 0 spiro atoms. The van der Waals surface area contributed by atoms with Crippen molar-refractivity contribution in [1.82, 2.24) is 30.4 Å². The lowest BCUT2D eigenvalue weighted by molar-refractivity contribution is -0.139. The molecule has 13 heteroatoms. The van der Waals surface area contributed by atoms with Crippen molar-refractivity contribution in [2.24, 2.45) is 0 Å². The number of aryl methyl sites for hydroxylation is 1. The number of hydrogen-bond donors (Lipinski definition) is 4. The summed E-state index contributed by atoms with van der Waals surface area (Å²) < 4.78 is 6.86. The van der Waals surface area contributed by atoms with Gasteiger partial charge >= 0.3 is 6.09 Å². The van der Waals surface area contributed by atoms with E-state index < -0.39 is 41.1 Å². The Morgan fingerprint density at radius 1 is 0.940 bits per heavy atom. The molecule has 2 atom stereocenters. The first-order valence-electron chi connectivity index (χ1n) is 17.0. The molecular formula is C37H49N7O6. The van der Waals surface area contributed by atoms with Crippen LogP contribution in [-0.2, 0) is 43.4 Å². The Bertz CT molecular complexity index is 1620. The van der Waals surface area contributed by atoms with Crippen LogP contribution in [0.15, 0.2) is 73.2 Å². The van der Waals surface area contributed by atoms with Gasteiger partial charge in [-0.25, -0.2) is 9.78 Å². The number of anilines is 1. The molecule has 5 amide bonds. The summed E-state index contributed by atoms with van der Waals surface area (Å²) in [6.45, 7) is 9.02. The summed E-state index contributed by atoms with van der Waals surface area (Å²) in [5.74, 6) is -1.28. The molecule has 1 fully saturated rings. The SMILES string of the molecule is CC(C)(C)OC(=O)NC(C)(C)C(=O)N[C@H](CCCc1ccccc1)C(=O)Nc1cn(CC(=O)N2CCCC2C(=O)NCc2ccccc2)cn1. The zero-order valence-electron chi connectivity index (χ0n) is 29.5. The van der Waals surface area contributed by atoms with Crippen LogP contribution in [0.5, 0.6) is 0 Å². The number of likely N-dealkylation sites (tertiary alicyclic amines) is 1. The molecular weight excluding hydrogens is 638 g/mol. The molecule has 4 N–H and O–H groups in total. The molecule has 3 aromatic rings. The van der Waals surface area contributed by atoms with Crippen molar-refractivity contribution in [3.63, 3.8) is 0 Å². The highest BCUT2D eigenvalue weighted by atomic mass is 16.6. The lowest BCUT2D eigenvalue weighted by Gasteiger charge is -2.29. The molecule has 0 aliphatic carbocycles. The Labute approximate surface area is 293 Å². The summed E-state index contributed by atoms with van der Waals surface area (Å²) in [4.78, 5) is 71.4. The van der Waals surface area contributed by atoms with Gasteiger partial charge in [-0.15, -0.1) is 0 Å². The van der Waals surface area contributed by atoms with E-state index in [9.17, 15) is 24.0 Å². The highest BCUT2D eigenvalue weighted by Crippen LogP contribution is 2.19. The van der Waals surface area contributed by atoms with E-state index in [2.05, 4.69) is 26.3 Å². The van der Waals surface area contributed by atoms with E-state index in [1.165, 1.54) is 26.4 Å². The second-order valence-electron chi connectivity index (χ2n) is 14.0. The quantitative estimate of drug-likeness (QED) is 0.200. The van der Waals surface area contributed by atoms with Crippen LogP contribution >= 0.6 is 0 Å². The third-order valence-electron chi connectivity index (χ3n) is 8.19. The number of alkyl carbamates (subject to hydrolysis) is 1. The van der Waals surface area contributed by atoms with Crippen LogP contribution in [0, 0.1) is 0 Å². The molecule has 13 nitrogen and oxygen atoms in total. The van der Waals surface area contributed by atoms with E-state index in [0.717, 1.165) is 17.5 Å². The number of carbonyl (C=O) groups excluding carboxylic acids is 5. The molecule has 1 aromatic heterocycles. The van der Waals surface area contributed by atoms with Crippen molar-refractivity contribution in [2.45, 2.75) is 103 Å². The van der Waals surface area contributed by atoms with Crippen molar-refractivity contribution in [3.8, 4) is 0 Å². The van der Waals surface area contributed by atoms with E-state index in [0.29, 0.717) is 38.8 Å². The first kappa shape index (κ1) is 37.6. The number of aromatic nitrogens is 2. The Hall–Kier alpha value is -5.20. The summed E-state index contributed by atoms with van der Waals surface area (Å²) in [5, 5.41) is 11.1. The number of amides is 5. The summed E-state index contributed by atoms with van der Waals surface area (Å²) in [7, 11) is 0. The maximum Gasteiger partial charge on any atom is 0.408 e. The van der Waals surface area contributed by atoms with Gasteiger partial charge in [0.05, 0.1) is 6.33 Å². The minimum Gasteiger partial charge on any atom is -0.444 e. The Morgan fingerprint density at radius 2 is 1.60 bits per heavy atom. The lowest BCUT2D eigenvalue weighted by atomic mass is 10.0. The molecule has 268 valence electrons. The van der Waals surface area contributed by atoms with Crippen LogP contribution in [0.4, 0.5) is 10.6 Å². The van der Waals surface area contributed by atoms with Gasteiger partial charge in [-0.3, -0.25) is 19.2 Å². The molecule has 2 aromatic carbocycles. The van der Waals surface area contributed by atoms with Gasteiger partial charge in [0, 0.05) is 19.3 Å². The van der Waals surface area contributed by atoms with Gasteiger partial charge in [-0.2, -0.15) is 0 Å². The van der Waals surface area contributed by atoms with Crippen LogP contribution in [0.25, 0.3) is 0 Å². The number of hydrogen-bond acceptors (Lipinski definition) is 7. The normalized spacial score (nSPS) is 15.1. The Morgan fingerprint density at radius 3 is 2.26 bits per heavy atom. The predicted octanol–water partition coefficient (Wildman–Crippen LogP) is 3.94. The van der Waals surface area contributed by atoms with Crippen molar-refractivity contribution in [1.29, 1.82) is 0 Å². The number of ether oxygens (including phenoxy) is 1. The number of imidazole rings is 1. The fourth-order valence-corrected chi connectivity index (χ4v) is 5.59. The maximum atomic E-state index is 13.5. The van der Waals surface area contributed by atoms with Gasteiger partial charge in [0.2, 0.25) is 23.6 Å². The van der Waals surface area contributed by atoms with Gasteiger partial charge in [-0.05, 0) is 77.8 Å². The third-order valence-corrected chi connectivity index (χ3v) is 8.19. The summed E-state index contributed by atoms with van der Waals surface area (Å²) >= 11 is 0. The molecule has 1 saturated heterocycles. The Kier molecular flexibility index (Phi) is 12.8. The Balaban J connectivity index is 1.36. The topological polar surface area (TPSA) is 164 Å². The first-order chi connectivity index (χ1) is 23.7. The van der Waals surface area contributed by atoms with Crippen molar-refractivity contribution in [2.75, 3.05) is 11.9 Å². The van der Waals surface area contributed by atoms with Gasteiger partial charge in [0.15, 0.2) is 5.82 Å². The van der Waals surface area contributed by atoms with Crippen LogP contribution in [0.1, 0.15) is 71.4 Å². The molecule has 1 aliphatic heterocycles. The largest absolute Gasteiger partial charge is 0.444 e. The number of benzene rings is 2. The van der Waals surface area contributed by atoms with E-state index >= 15 is 0 Å². The number of rotatable bonds is 14.